The van der Waals surface area contributed by atoms with Crippen LogP contribution in [-0.2, 0) is 4.79 Å². The summed E-state index contributed by atoms with van der Waals surface area (Å²) in [5, 5.41) is 16.5. The number of ether oxygens (including phenoxy) is 1. The Bertz CT molecular complexity index is 491. The summed E-state index contributed by atoms with van der Waals surface area (Å²) in [6.07, 6.45) is -1.25. The van der Waals surface area contributed by atoms with Crippen molar-refractivity contribution < 1.29 is 19.4 Å². The van der Waals surface area contributed by atoms with E-state index in [1.54, 1.807) is 18.2 Å². The molecule has 1 rings (SSSR count). The lowest BCUT2D eigenvalue weighted by molar-refractivity contribution is -0.117. The van der Waals surface area contributed by atoms with Gasteiger partial charge in [-0.05, 0) is 26.0 Å². The first kappa shape index (κ1) is 15.6. The van der Waals surface area contributed by atoms with Crippen LogP contribution in [0.1, 0.15) is 13.8 Å². The molecule has 20 heavy (non-hydrogen) atoms. The van der Waals surface area contributed by atoms with E-state index in [1.165, 1.54) is 14.0 Å². The molecule has 0 saturated carbocycles. The van der Waals surface area contributed by atoms with Crippen LogP contribution < -0.4 is 20.7 Å². The normalized spacial score (nSPS) is 11.3. The van der Waals surface area contributed by atoms with Gasteiger partial charge in [0.15, 0.2) is 0 Å². The molecule has 2 amide bonds. The van der Waals surface area contributed by atoms with Crippen molar-refractivity contribution in [3.05, 3.63) is 18.2 Å². The molecule has 0 radical (unpaired) electrons. The second-order valence-electron chi connectivity index (χ2n) is 4.07. The largest absolute Gasteiger partial charge is 0.494 e. The third kappa shape index (κ3) is 4.04. The van der Waals surface area contributed by atoms with Gasteiger partial charge in [-0.3, -0.25) is 4.79 Å². The number of rotatable bonds is 6. The van der Waals surface area contributed by atoms with Crippen LogP contribution in [0.5, 0.6) is 5.75 Å². The van der Waals surface area contributed by atoms with E-state index in [0.29, 0.717) is 23.7 Å². The molecule has 7 nitrogen and oxygen atoms in total. The lowest BCUT2D eigenvalue weighted by atomic mass is 10.2. The lowest BCUT2D eigenvalue weighted by Crippen LogP contribution is -2.41. The minimum absolute atomic E-state index is 0.462. The van der Waals surface area contributed by atoms with Gasteiger partial charge in [0.2, 0.25) is 5.91 Å². The Morgan fingerprint density at radius 2 is 2.10 bits per heavy atom. The second kappa shape index (κ2) is 7.22. The number of benzene rings is 1. The fourth-order valence-corrected chi connectivity index (χ4v) is 1.65. The van der Waals surface area contributed by atoms with Gasteiger partial charge in [0, 0.05) is 6.54 Å². The van der Waals surface area contributed by atoms with E-state index < -0.39 is 18.0 Å². The molecule has 0 spiro atoms. The van der Waals surface area contributed by atoms with Crippen molar-refractivity contribution in [1.82, 2.24) is 5.32 Å². The summed E-state index contributed by atoms with van der Waals surface area (Å²) in [5.74, 6) is 0.0374. The Balaban J connectivity index is 2.94. The summed E-state index contributed by atoms with van der Waals surface area (Å²) < 4.78 is 5.20. The maximum atomic E-state index is 12.0. The third-order valence-electron chi connectivity index (χ3n) is 2.59. The Hall–Kier alpha value is -2.44. The van der Waals surface area contributed by atoms with Crippen LogP contribution in [-0.4, -0.2) is 36.8 Å². The average Bonchev–Trinajstić information content (AvgIpc) is 2.40. The molecule has 4 N–H and O–H groups in total. The number of carbonyl (C=O) groups is 2. The van der Waals surface area contributed by atoms with Gasteiger partial charge in [-0.25, -0.2) is 4.79 Å². The predicted octanol–water partition coefficient (Wildman–Crippen LogP) is 1.72. The van der Waals surface area contributed by atoms with E-state index in [-0.39, 0.29) is 0 Å². The smallest absolute Gasteiger partial charge is 0.405 e. The Morgan fingerprint density at radius 3 is 2.65 bits per heavy atom. The zero-order chi connectivity index (χ0) is 15.1. The summed E-state index contributed by atoms with van der Waals surface area (Å²) >= 11 is 0. The number of hydrogen-bond acceptors (Lipinski definition) is 4. The first-order valence-electron chi connectivity index (χ1n) is 6.20. The highest BCUT2D eigenvalue weighted by Gasteiger charge is 2.18. The van der Waals surface area contributed by atoms with Crippen molar-refractivity contribution in [3.8, 4) is 5.75 Å². The number of carbonyl (C=O) groups excluding carboxylic acids is 1. The number of methoxy groups -OCH3 is 1. The molecule has 0 bridgehead atoms. The summed E-state index contributed by atoms with van der Waals surface area (Å²) in [7, 11) is 1.50. The van der Waals surface area contributed by atoms with Crippen molar-refractivity contribution in [1.29, 1.82) is 0 Å². The molecule has 1 atom stereocenters. The lowest BCUT2D eigenvalue weighted by Gasteiger charge is -2.17. The van der Waals surface area contributed by atoms with Crippen LogP contribution in [0.2, 0.25) is 0 Å². The Kier molecular flexibility index (Phi) is 5.64. The maximum Gasteiger partial charge on any atom is 0.405 e. The molecule has 0 aliphatic carbocycles. The first-order chi connectivity index (χ1) is 9.49. The molecule has 0 aliphatic heterocycles. The van der Waals surface area contributed by atoms with E-state index in [4.69, 9.17) is 9.84 Å². The van der Waals surface area contributed by atoms with Crippen molar-refractivity contribution >= 4 is 23.4 Å². The number of nitrogens with one attached hydrogen (secondary N) is 3. The third-order valence-corrected chi connectivity index (χ3v) is 2.59. The number of anilines is 2. The second-order valence-corrected chi connectivity index (χ2v) is 4.07. The van der Waals surface area contributed by atoms with Crippen LogP contribution in [0, 0.1) is 0 Å². The predicted molar refractivity (Wildman–Crippen MR) is 76.4 cm³/mol. The summed E-state index contributed by atoms with van der Waals surface area (Å²) in [6.45, 7) is 4.07. The van der Waals surface area contributed by atoms with Gasteiger partial charge < -0.3 is 25.8 Å². The van der Waals surface area contributed by atoms with E-state index >= 15 is 0 Å². The van der Waals surface area contributed by atoms with Crippen LogP contribution in [0.4, 0.5) is 16.2 Å². The zero-order valence-corrected chi connectivity index (χ0v) is 11.7. The molecule has 0 aromatic heterocycles. The van der Waals surface area contributed by atoms with Crippen molar-refractivity contribution in [2.45, 2.75) is 19.9 Å². The average molecular weight is 281 g/mol. The monoisotopic (exact) mass is 281 g/mol. The Morgan fingerprint density at radius 1 is 1.40 bits per heavy atom. The van der Waals surface area contributed by atoms with Gasteiger partial charge in [0.1, 0.15) is 17.5 Å². The summed E-state index contributed by atoms with van der Waals surface area (Å²) in [4.78, 5) is 22.5. The molecule has 110 valence electrons. The highest BCUT2D eigenvalue weighted by atomic mass is 16.5. The number of amides is 2. The van der Waals surface area contributed by atoms with Crippen molar-refractivity contribution in [3.63, 3.8) is 0 Å². The highest BCUT2D eigenvalue weighted by Crippen LogP contribution is 2.32. The number of para-hydroxylation sites is 1. The molecule has 0 heterocycles. The zero-order valence-electron chi connectivity index (χ0n) is 11.7. The molecule has 1 aromatic carbocycles. The van der Waals surface area contributed by atoms with Crippen LogP contribution in [0.25, 0.3) is 0 Å². The van der Waals surface area contributed by atoms with Gasteiger partial charge in [0.05, 0.1) is 12.8 Å². The standard InChI is InChI=1S/C13H19N3O4/c1-4-14-9-6-5-7-10(20-3)11(9)16-12(17)8(2)15-13(18)19/h5-8,14-15H,4H2,1-3H3,(H,16,17)(H,18,19)/t8-/m1/s1. The summed E-state index contributed by atoms with van der Waals surface area (Å²) in [6, 6.07) is 4.44. The SMILES string of the molecule is CCNc1cccc(OC)c1NC(=O)[C@@H](C)NC(=O)O. The molecule has 0 fully saturated rings. The topological polar surface area (TPSA) is 99.7 Å². The highest BCUT2D eigenvalue weighted by molar-refractivity contribution is 6.00. The molecule has 0 saturated heterocycles. The van der Waals surface area contributed by atoms with Crippen LogP contribution in [0.15, 0.2) is 18.2 Å². The maximum absolute atomic E-state index is 12.0. The van der Waals surface area contributed by atoms with Gasteiger partial charge >= 0.3 is 6.09 Å². The summed E-state index contributed by atoms with van der Waals surface area (Å²) in [5.41, 5.74) is 1.20. The molecular formula is C13H19N3O4. The number of hydrogen-bond donors (Lipinski definition) is 4. The first-order valence-corrected chi connectivity index (χ1v) is 6.20. The molecule has 1 aromatic rings. The van der Waals surface area contributed by atoms with E-state index in [9.17, 15) is 9.59 Å². The molecule has 0 unspecified atom stereocenters. The van der Waals surface area contributed by atoms with Crippen molar-refractivity contribution in [2.24, 2.45) is 0 Å². The van der Waals surface area contributed by atoms with E-state index in [2.05, 4.69) is 16.0 Å². The Labute approximate surface area is 117 Å². The number of carboxylic acid groups (broad SMARTS) is 1. The van der Waals surface area contributed by atoms with Crippen molar-refractivity contribution in [2.75, 3.05) is 24.3 Å². The fraction of sp³-hybridized carbons (Fsp3) is 0.385. The van der Waals surface area contributed by atoms with Crippen LogP contribution in [0.3, 0.4) is 0 Å². The molecular weight excluding hydrogens is 262 g/mol. The van der Waals surface area contributed by atoms with Gasteiger partial charge in [-0.2, -0.15) is 0 Å². The van der Waals surface area contributed by atoms with Gasteiger partial charge in [-0.15, -0.1) is 0 Å². The molecule has 0 aliphatic rings. The fourth-order valence-electron chi connectivity index (χ4n) is 1.65. The molecule has 7 heteroatoms. The van der Waals surface area contributed by atoms with Gasteiger partial charge in [-0.1, -0.05) is 6.07 Å². The van der Waals surface area contributed by atoms with Crippen LogP contribution >= 0.6 is 0 Å². The minimum atomic E-state index is -1.25. The van der Waals surface area contributed by atoms with Gasteiger partial charge in [0.25, 0.3) is 0 Å². The minimum Gasteiger partial charge on any atom is -0.494 e. The van der Waals surface area contributed by atoms with E-state index in [0.717, 1.165) is 0 Å². The van der Waals surface area contributed by atoms with E-state index in [1.807, 2.05) is 6.92 Å². The quantitative estimate of drug-likeness (QED) is 0.636.